The molecule has 0 bridgehead atoms. The topological polar surface area (TPSA) is 27.1 Å². The van der Waals surface area contributed by atoms with Gasteiger partial charge in [-0.2, -0.15) is 0 Å². The Labute approximate surface area is 136 Å². The Morgan fingerprint density at radius 3 is 2.61 bits per heavy atom. The molecule has 0 radical (unpaired) electrons. The molecule has 2 aromatic carbocycles. The number of hydrogen-bond donors (Lipinski definition) is 0. The van der Waals surface area contributed by atoms with E-state index in [0.29, 0.717) is 0 Å². The molecule has 2 atom stereocenters. The molecule has 1 aliphatic rings. The fourth-order valence-corrected chi connectivity index (χ4v) is 3.53. The molecule has 0 fully saturated rings. The van der Waals surface area contributed by atoms with Crippen LogP contribution in [0, 0.1) is 0 Å². The van der Waals surface area contributed by atoms with Crippen LogP contribution >= 0.6 is 0 Å². The SMILES string of the molecule is CCCCC1(C)OC(c2ccccc2)n2c1nc1ccccc12. The minimum Gasteiger partial charge on any atom is -0.340 e. The van der Waals surface area contributed by atoms with Crippen molar-refractivity contribution in [3.8, 4) is 0 Å². The first kappa shape index (κ1) is 14.5. The quantitative estimate of drug-likeness (QED) is 0.677. The zero-order chi connectivity index (χ0) is 15.9. The van der Waals surface area contributed by atoms with Gasteiger partial charge in [-0.3, -0.25) is 4.57 Å². The maximum absolute atomic E-state index is 6.56. The van der Waals surface area contributed by atoms with Crippen LogP contribution in [-0.4, -0.2) is 9.55 Å². The van der Waals surface area contributed by atoms with Gasteiger partial charge in [-0.15, -0.1) is 0 Å². The van der Waals surface area contributed by atoms with E-state index in [-0.39, 0.29) is 11.8 Å². The lowest BCUT2D eigenvalue weighted by molar-refractivity contribution is -0.0681. The van der Waals surface area contributed by atoms with Gasteiger partial charge in [0.25, 0.3) is 0 Å². The van der Waals surface area contributed by atoms with Gasteiger partial charge in [-0.05, 0) is 25.5 Å². The molecule has 1 aromatic heterocycles. The third-order valence-corrected chi connectivity index (χ3v) is 4.77. The van der Waals surface area contributed by atoms with Crippen LogP contribution in [0.5, 0.6) is 0 Å². The molecular formula is C20H22N2O. The highest BCUT2D eigenvalue weighted by Crippen LogP contribution is 2.45. The van der Waals surface area contributed by atoms with Crippen LogP contribution in [0.2, 0.25) is 0 Å². The van der Waals surface area contributed by atoms with Gasteiger partial charge in [0.1, 0.15) is 11.4 Å². The molecule has 0 saturated carbocycles. The summed E-state index contributed by atoms with van der Waals surface area (Å²) in [6.45, 7) is 4.40. The van der Waals surface area contributed by atoms with E-state index in [2.05, 4.69) is 60.9 Å². The van der Waals surface area contributed by atoms with Crippen molar-refractivity contribution in [3.05, 3.63) is 66.0 Å². The molecule has 1 aliphatic heterocycles. The highest BCUT2D eigenvalue weighted by atomic mass is 16.5. The Morgan fingerprint density at radius 1 is 1.09 bits per heavy atom. The monoisotopic (exact) mass is 306 g/mol. The second-order valence-corrected chi connectivity index (χ2v) is 6.51. The number of unbranched alkanes of at least 4 members (excludes halogenated alkanes) is 1. The number of rotatable bonds is 4. The highest BCUT2D eigenvalue weighted by Gasteiger charge is 2.44. The lowest BCUT2D eigenvalue weighted by Crippen LogP contribution is -2.22. The molecule has 3 heteroatoms. The molecule has 3 nitrogen and oxygen atoms in total. The Morgan fingerprint density at radius 2 is 1.83 bits per heavy atom. The standard InChI is InChI=1S/C20H22N2O/c1-3-4-14-20(2)19-21-16-12-8-9-13-17(16)22(19)18(23-20)15-10-6-5-7-11-15/h5-13,18H,3-4,14H2,1-2H3. The van der Waals surface area contributed by atoms with E-state index in [4.69, 9.17) is 9.72 Å². The molecule has 4 rings (SSSR count). The van der Waals surface area contributed by atoms with Crippen LogP contribution in [0.3, 0.4) is 0 Å². The van der Waals surface area contributed by atoms with E-state index in [9.17, 15) is 0 Å². The van der Waals surface area contributed by atoms with Crippen LogP contribution in [-0.2, 0) is 10.3 Å². The van der Waals surface area contributed by atoms with E-state index >= 15 is 0 Å². The lowest BCUT2D eigenvalue weighted by atomic mass is 9.98. The number of ether oxygens (including phenoxy) is 1. The Kier molecular flexibility index (Phi) is 3.46. The van der Waals surface area contributed by atoms with E-state index in [1.54, 1.807) is 0 Å². The summed E-state index contributed by atoms with van der Waals surface area (Å²) in [6.07, 6.45) is 3.20. The Hall–Kier alpha value is -2.13. The first-order chi connectivity index (χ1) is 11.2. The number of imidazole rings is 1. The maximum atomic E-state index is 6.56. The number of nitrogens with zero attached hydrogens (tertiary/aromatic N) is 2. The Bertz CT molecular complexity index is 824. The number of fused-ring (bicyclic) bond motifs is 3. The molecular weight excluding hydrogens is 284 g/mol. The smallest absolute Gasteiger partial charge is 0.163 e. The minimum absolute atomic E-state index is 0.0968. The molecule has 0 spiro atoms. The first-order valence-electron chi connectivity index (χ1n) is 8.43. The van der Waals surface area contributed by atoms with E-state index in [1.165, 1.54) is 5.56 Å². The number of para-hydroxylation sites is 2. The Balaban J connectivity index is 1.89. The highest BCUT2D eigenvalue weighted by molar-refractivity contribution is 5.76. The van der Waals surface area contributed by atoms with Crippen molar-refractivity contribution < 1.29 is 4.74 Å². The average molecular weight is 306 g/mol. The summed E-state index contributed by atoms with van der Waals surface area (Å²) >= 11 is 0. The van der Waals surface area contributed by atoms with E-state index < -0.39 is 0 Å². The van der Waals surface area contributed by atoms with Crippen molar-refractivity contribution in [1.29, 1.82) is 0 Å². The molecule has 0 N–H and O–H groups in total. The molecule has 0 saturated heterocycles. The number of aromatic nitrogens is 2. The molecule has 2 unspecified atom stereocenters. The lowest BCUT2D eigenvalue weighted by Gasteiger charge is -2.23. The summed E-state index contributed by atoms with van der Waals surface area (Å²) in [5, 5.41) is 0. The van der Waals surface area contributed by atoms with Gasteiger partial charge in [0.05, 0.1) is 11.0 Å². The van der Waals surface area contributed by atoms with Crippen LogP contribution in [0.1, 0.15) is 50.7 Å². The van der Waals surface area contributed by atoms with Crippen molar-refractivity contribution in [2.24, 2.45) is 0 Å². The van der Waals surface area contributed by atoms with Gasteiger partial charge in [0, 0.05) is 5.56 Å². The third kappa shape index (κ3) is 2.27. The van der Waals surface area contributed by atoms with E-state index in [0.717, 1.165) is 36.1 Å². The maximum Gasteiger partial charge on any atom is 0.163 e. The molecule has 0 amide bonds. The second kappa shape index (κ2) is 5.50. The summed E-state index contributed by atoms with van der Waals surface area (Å²) in [7, 11) is 0. The minimum atomic E-state index is -0.324. The third-order valence-electron chi connectivity index (χ3n) is 4.77. The fourth-order valence-electron chi connectivity index (χ4n) is 3.53. The van der Waals surface area contributed by atoms with Gasteiger partial charge in [-0.1, -0.05) is 62.2 Å². The predicted octanol–water partition coefficient (Wildman–Crippen LogP) is 5.02. The summed E-state index contributed by atoms with van der Waals surface area (Å²) in [6, 6.07) is 18.8. The van der Waals surface area contributed by atoms with Gasteiger partial charge < -0.3 is 4.74 Å². The average Bonchev–Trinajstić information content (AvgIpc) is 3.11. The van der Waals surface area contributed by atoms with Gasteiger partial charge >= 0.3 is 0 Å². The second-order valence-electron chi connectivity index (χ2n) is 6.51. The van der Waals surface area contributed by atoms with Crippen LogP contribution in [0.4, 0.5) is 0 Å². The molecule has 3 aromatic rings. The van der Waals surface area contributed by atoms with Crippen molar-refractivity contribution >= 4 is 11.0 Å². The van der Waals surface area contributed by atoms with Crippen molar-refractivity contribution in [2.45, 2.75) is 44.9 Å². The summed E-state index contributed by atoms with van der Waals surface area (Å²) < 4.78 is 8.83. The van der Waals surface area contributed by atoms with Crippen molar-refractivity contribution in [3.63, 3.8) is 0 Å². The molecule has 0 aliphatic carbocycles. The summed E-state index contributed by atoms with van der Waals surface area (Å²) in [5.41, 5.74) is 3.05. The molecule has 2 heterocycles. The molecule has 118 valence electrons. The van der Waals surface area contributed by atoms with Crippen LogP contribution in [0.15, 0.2) is 54.6 Å². The van der Waals surface area contributed by atoms with Gasteiger partial charge in [-0.25, -0.2) is 4.98 Å². The normalized spacial score (nSPS) is 23.3. The summed E-state index contributed by atoms with van der Waals surface area (Å²) in [5.74, 6) is 1.06. The predicted molar refractivity (Wildman–Crippen MR) is 92.3 cm³/mol. The van der Waals surface area contributed by atoms with E-state index in [1.807, 2.05) is 12.1 Å². The van der Waals surface area contributed by atoms with Crippen LogP contribution in [0.25, 0.3) is 11.0 Å². The van der Waals surface area contributed by atoms with Gasteiger partial charge in [0.15, 0.2) is 6.23 Å². The number of benzene rings is 2. The zero-order valence-corrected chi connectivity index (χ0v) is 13.7. The largest absolute Gasteiger partial charge is 0.340 e. The first-order valence-corrected chi connectivity index (χ1v) is 8.43. The summed E-state index contributed by atoms with van der Waals surface area (Å²) in [4.78, 5) is 4.91. The number of hydrogen-bond acceptors (Lipinski definition) is 2. The van der Waals surface area contributed by atoms with Crippen molar-refractivity contribution in [2.75, 3.05) is 0 Å². The van der Waals surface area contributed by atoms with Gasteiger partial charge in [0.2, 0.25) is 0 Å². The van der Waals surface area contributed by atoms with Crippen LogP contribution < -0.4 is 0 Å². The fraction of sp³-hybridized carbons (Fsp3) is 0.350. The zero-order valence-electron chi connectivity index (χ0n) is 13.7. The molecule has 23 heavy (non-hydrogen) atoms. The van der Waals surface area contributed by atoms with Crippen molar-refractivity contribution in [1.82, 2.24) is 9.55 Å².